The average Bonchev–Trinajstić information content (AvgIpc) is 3.32. The third-order valence-corrected chi connectivity index (χ3v) is 5.84. The summed E-state index contributed by atoms with van der Waals surface area (Å²) in [4.78, 5) is 18.5. The molecule has 1 N–H and O–H groups in total. The molecule has 2 aliphatic rings. The summed E-state index contributed by atoms with van der Waals surface area (Å²) in [6, 6.07) is 8.06. The number of nitrogens with one attached hydrogen (secondary N) is 1. The molecule has 4 nitrogen and oxygen atoms in total. The van der Waals surface area contributed by atoms with Gasteiger partial charge in [0, 0.05) is 31.8 Å². The predicted molar refractivity (Wildman–Crippen MR) is 90.6 cm³/mol. The van der Waals surface area contributed by atoms with E-state index in [-0.39, 0.29) is 18.4 Å². The summed E-state index contributed by atoms with van der Waals surface area (Å²) < 4.78 is 16.0. The van der Waals surface area contributed by atoms with Gasteiger partial charge in [0.1, 0.15) is 5.67 Å². The Morgan fingerprint density at radius 2 is 2.09 bits per heavy atom. The lowest BCUT2D eigenvalue weighted by molar-refractivity contribution is -0.123. The number of fused-ring (bicyclic) bond motifs is 1. The van der Waals surface area contributed by atoms with Gasteiger partial charge >= 0.3 is 0 Å². The largest absolute Gasteiger partial charge is 0.353 e. The SMILES string of the molecule is O=C(NCC1(F)CCN(c2nc3ccccc3s2)CC1)C1CC1. The molecule has 1 saturated carbocycles. The van der Waals surface area contributed by atoms with Crippen LogP contribution in [0.25, 0.3) is 10.2 Å². The number of piperidine rings is 1. The Hall–Kier alpha value is -1.69. The summed E-state index contributed by atoms with van der Waals surface area (Å²) in [5, 5.41) is 3.75. The first kappa shape index (κ1) is 14.9. The second-order valence-corrected chi connectivity index (χ2v) is 7.60. The van der Waals surface area contributed by atoms with Gasteiger partial charge in [-0.1, -0.05) is 23.5 Å². The first-order valence-corrected chi connectivity index (χ1v) is 9.02. The van der Waals surface area contributed by atoms with Crippen molar-refractivity contribution in [3.05, 3.63) is 24.3 Å². The Bertz CT molecular complexity index is 686. The fraction of sp³-hybridized carbons (Fsp3) is 0.529. The number of alkyl halides is 1. The van der Waals surface area contributed by atoms with E-state index in [1.165, 1.54) is 0 Å². The molecule has 4 rings (SSSR count). The third kappa shape index (κ3) is 3.17. The van der Waals surface area contributed by atoms with Gasteiger partial charge in [-0.25, -0.2) is 9.37 Å². The van der Waals surface area contributed by atoms with Crippen LogP contribution in [0.1, 0.15) is 25.7 Å². The minimum atomic E-state index is -1.28. The van der Waals surface area contributed by atoms with Crippen LogP contribution >= 0.6 is 11.3 Å². The van der Waals surface area contributed by atoms with E-state index in [9.17, 15) is 9.18 Å². The maximum absolute atomic E-state index is 14.9. The van der Waals surface area contributed by atoms with Crippen LogP contribution in [-0.2, 0) is 4.79 Å². The van der Waals surface area contributed by atoms with E-state index >= 15 is 0 Å². The zero-order chi connectivity index (χ0) is 15.9. The number of benzene rings is 1. The number of amides is 1. The van der Waals surface area contributed by atoms with E-state index in [0.717, 1.165) is 28.2 Å². The molecular formula is C17H20FN3OS. The number of carbonyl (C=O) groups is 1. The van der Waals surface area contributed by atoms with Crippen molar-refractivity contribution in [2.75, 3.05) is 24.5 Å². The van der Waals surface area contributed by atoms with Gasteiger partial charge in [0.25, 0.3) is 0 Å². The maximum Gasteiger partial charge on any atom is 0.223 e. The summed E-state index contributed by atoms with van der Waals surface area (Å²) >= 11 is 1.66. The number of para-hydroxylation sites is 1. The number of carbonyl (C=O) groups excluding carboxylic acids is 1. The number of nitrogens with zero attached hydrogens (tertiary/aromatic N) is 2. The van der Waals surface area contributed by atoms with E-state index in [1.54, 1.807) is 11.3 Å². The van der Waals surface area contributed by atoms with Gasteiger partial charge in [-0.3, -0.25) is 4.79 Å². The molecule has 0 radical (unpaired) electrons. The van der Waals surface area contributed by atoms with Crippen molar-refractivity contribution in [2.24, 2.45) is 5.92 Å². The molecule has 0 unspecified atom stereocenters. The molecule has 2 fully saturated rings. The first-order valence-electron chi connectivity index (χ1n) is 8.20. The number of rotatable bonds is 4. The lowest BCUT2D eigenvalue weighted by Crippen LogP contribution is -2.48. The monoisotopic (exact) mass is 333 g/mol. The van der Waals surface area contributed by atoms with Crippen LogP contribution in [-0.4, -0.2) is 36.2 Å². The van der Waals surface area contributed by atoms with E-state index < -0.39 is 5.67 Å². The highest BCUT2D eigenvalue weighted by Crippen LogP contribution is 2.34. The molecule has 1 aromatic carbocycles. The van der Waals surface area contributed by atoms with Gasteiger partial charge < -0.3 is 10.2 Å². The molecule has 6 heteroatoms. The molecule has 23 heavy (non-hydrogen) atoms. The van der Waals surface area contributed by atoms with E-state index in [2.05, 4.69) is 21.3 Å². The topological polar surface area (TPSA) is 45.2 Å². The van der Waals surface area contributed by atoms with Crippen LogP contribution in [0.15, 0.2) is 24.3 Å². The molecule has 122 valence electrons. The summed E-state index contributed by atoms with van der Waals surface area (Å²) in [7, 11) is 0. The van der Waals surface area contributed by atoms with Gasteiger partial charge in [-0.2, -0.15) is 0 Å². The van der Waals surface area contributed by atoms with Crippen molar-refractivity contribution in [2.45, 2.75) is 31.4 Å². The first-order chi connectivity index (χ1) is 11.1. The van der Waals surface area contributed by atoms with Crippen molar-refractivity contribution < 1.29 is 9.18 Å². The minimum absolute atomic E-state index is 0.0237. The van der Waals surface area contributed by atoms with Crippen LogP contribution in [0.3, 0.4) is 0 Å². The zero-order valence-corrected chi connectivity index (χ0v) is 13.7. The Morgan fingerprint density at radius 1 is 1.35 bits per heavy atom. The van der Waals surface area contributed by atoms with Gasteiger partial charge in [0.05, 0.1) is 16.8 Å². The molecule has 1 aromatic heterocycles. The number of hydrogen-bond donors (Lipinski definition) is 1. The number of aromatic nitrogens is 1. The normalized spacial score (nSPS) is 20.7. The summed E-state index contributed by atoms with van der Waals surface area (Å²) in [6.07, 6.45) is 2.79. The number of thiazole rings is 1. The summed E-state index contributed by atoms with van der Waals surface area (Å²) in [5.41, 5.74) is -0.279. The van der Waals surface area contributed by atoms with E-state index in [0.29, 0.717) is 25.9 Å². The maximum atomic E-state index is 14.9. The standard InChI is InChI=1S/C17H20FN3OS/c18-17(11-19-15(22)12-5-6-12)7-9-21(10-8-17)16-20-13-3-1-2-4-14(13)23-16/h1-4,12H,5-11H2,(H,19,22). The fourth-order valence-electron chi connectivity index (χ4n) is 3.01. The molecule has 0 bridgehead atoms. The van der Waals surface area contributed by atoms with Crippen LogP contribution in [0.5, 0.6) is 0 Å². The Balaban J connectivity index is 1.36. The van der Waals surface area contributed by atoms with Gasteiger partial charge in [0.2, 0.25) is 5.91 Å². The zero-order valence-electron chi connectivity index (χ0n) is 12.9. The molecule has 2 heterocycles. The Morgan fingerprint density at radius 3 is 2.78 bits per heavy atom. The van der Waals surface area contributed by atoms with Gasteiger partial charge in [-0.05, 0) is 25.0 Å². The van der Waals surface area contributed by atoms with Gasteiger partial charge in [0.15, 0.2) is 5.13 Å². The summed E-state index contributed by atoms with van der Waals surface area (Å²) in [5.74, 6) is 0.164. The molecule has 1 amide bonds. The highest BCUT2D eigenvalue weighted by molar-refractivity contribution is 7.22. The van der Waals surface area contributed by atoms with E-state index in [4.69, 9.17) is 0 Å². The minimum Gasteiger partial charge on any atom is -0.353 e. The summed E-state index contributed by atoms with van der Waals surface area (Å²) in [6.45, 7) is 1.45. The third-order valence-electron chi connectivity index (χ3n) is 4.74. The molecule has 1 aliphatic heterocycles. The molecular weight excluding hydrogens is 313 g/mol. The van der Waals surface area contributed by atoms with Crippen molar-refractivity contribution in [3.8, 4) is 0 Å². The average molecular weight is 333 g/mol. The van der Waals surface area contributed by atoms with Crippen LogP contribution in [0.2, 0.25) is 0 Å². The number of anilines is 1. The lowest BCUT2D eigenvalue weighted by Gasteiger charge is -2.36. The van der Waals surface area contributed by atoms with Crippen molar-refractivity contribution in [1.82, 2.24) is 10.3 Å². The molecule has 0 atom stereocenters. The smallest absolute Gasteiger partial charge is 0.223 e. The second kappa shape index (κ2) is 5.74. The van der Waals surface area contributed by atoms with Crippen LogP contribution in [0.4, 0.5) is 9.52 Å². The highest BCUT2D eigenvalue weighted by Gasteiger charge is 2.37. The second-order valence-electron chi connectivity index (χ2n) is 6.59. The van der Waals surface area contributed by atoms with Crippen molar-refractivity contribution in [3.63, 3.8) is 0 Å². The Labute approximate surface area is 138 Å². The van der Waals surface area contributed by atoms with Crippen LogP contribution in [0, 0.1) is 5.92 Å². The Kier molecular flexibility index (Phi) is 3.71. The quantitative estimate of drug-likeness (QED) is 0.935. The van der Waals surface area contributed by atoms with Crippen molar-refractivity contribution in [1.29, 1.82) is 0 Å². The van der Waals surface area contributed by atoms with Crippen molar-refractivity contribution >= 4 is 32.6 Å². The number of hydrogen-bond acceptors (Lipinski definition) is 4. The molecule has 2 aromatic rings. The van der Waals surface area contributed by atoms with Gasteiger partial charge in [-0.15, -0.1) is 0 Å². The molecule has 1 aliphatic carbocycles. The van der Waals surface area contributed by atoms with E-state index in [1.807, 2.05) is 18.2 Å². The predicted octanol–water partition coefficient (Wildman–Crippen LogP) is 3.13. The van der Waals surface area contributed by atoms with Crippen LogP contribution < -0.4 is 10.2 Å². The lowest BCUT2D eigenvalue weighted by atomic mass is 9.93. The molecule has 1 saturated heterocycles. The fourth-order valence-corrected chi connectivity index (χ4v) is 4.02. The molecule has 0 spiro atoms. The highest BCUT2D eigenvalue weighted by atomic mass is 32.1. The number of halogens is 1.